The number of hydrogen-bond donors (Lipinski definition) is 3. The Bertz CT molecular complexity index is 615. The molecular weight excluding hydrogens is 266 g/mol. The first-order valence-corrected chi connectivity index (χ1v) is 7.22. The monoisotopic (exact) mass is 285 g/mol. The molecule has 2 heterocycles. The highest BCUT2D eigenvalue weighted by molar-refractivity contribution is 5.91. The lowest BCUT2D eigenvalue weighted by molar-refractivity contribution is -0.115. The molecule has 6 heteroatoms. The van der Waals surface area contributed by atoms with Gasteiger partial charge in [-0.15, -0.1) is 0 Å². The minimum Gasteiger partial charge on any atom is -0.370 e. The van der Waals surface area contributed by atoms with E-state index < -0.39 is 0 Å². The van der Waals surface area contributed by atoms with Gasteiger partial charge in [0, 0.05) is 25.1 Å². The molecule has 0 spiro atoms. The van der Waals surface area contributed by atoms with E-state index in [1.165, 1.54) is 12.8 Å². The second kappa shape index (κ2) is 5.95. The predicted molar refractivity (Wildman–Crippen MR) is 81.3 cm³/mol. The fourth-order valence-electron chi connectivity index (χ4n) is 2.17. The Labute approximate surface area is 123 Å². The smallest absolute Gasteiger partial charge is 0.226 e. The number of carbonyl (C=O) groups is 1. The molecule has 0 atom stereocenters. The number of rotatable bonds is 6. The quantitative estimate of drug-likeness (QED) is 0.761. The van der Waals surface area contributed by atoms with Crippen molar-refractivity contribution < 1.29 is 4.79 Å². The predicted octanol–water partition coefficient (Wildman–Crippen LogP) is 2.43. The van der Waals surface area contributed by atoms with Crippen molar-refractivity contribution >= 4 is 17.4 Å². The van der Waals surface area contributed by atoms with E-state index in [9.17, 15) is 4.79 Å². The zero-order valence-electron chi connectivity index (χ0n) is 12.0. The number of carbonyl (C=O) groups excluding carboxylic acids is 1. The fraction of sp³-hybridized carbons (Fsp3) is 0.400. The Morgan fingerprint density at radius 2 is 2.24 bits per heavy atom. The molecule has 3 rings (SSSR count). The summed E-state index contributed by atoms with van der Waals surface area (Å²) in [5.41, 5.74) is 2.98. The van der Waals surface area contributed by atoms with Crippen LogP contribution in [0.3, 0.4) is 0 Å². The normalized spacial score (nSPS) is 14.0. The molecule has 1 aliphatic rings. The molecule has 6 nitrogen and oxygen atoms in total. The number of H-pyrrole nitrogens is 1. The molecule has 0 aromatic carbocycles. The van der Waals surface area contributed by atoms with Crippen LogP contribution in [0.1, 0.15) is 36.4 Å². The zero-order chi connectivity index (χ0) is 14.7. The van der Waals surface area contributed by atoms with E-state index in [0.717, 1.165) is 22.8 Å². The fourth-order valence-corrected chi connectivity index (χ4v) is 2.17. The molecule has 1 saturated carbocycles. The van der Waals surface area contributed by atoms with Crippen LogP contribution in [0.25, 0.3) is 0 Å². The third-order valence-corrected chi connectivity index (χ3v) is 3.50. The van der Waals surface area contributed by atoms with Gasteiger partial charge in [0.05, 0.1) is 17.6 Å². The van der Waals surface area contributed by atoms with Gasteiger partial charge in [-0.2, -0.15) is 5.10 Å². The average Bonchev–Trinajstić information content (AvgIpc) is 3.22. The van der Waals surface area contributed by atoms with E-state index in [0.29, 0.717) is 18.9 Å². The molecule has 0 radical (unpaired) electrons. The molecule has 0 aliphatic heterocycles. The molecule has 110 valence electrons. The number of aromatic amines is 1. The third kappa shape index (κ3) is 3.59. The second-order valence-electron chi connectivity index (χ2n) is 5.42. The maximum atomic E-state index is 11.9. The summed E-state index contributed by atoms with van der Waals surface area (Å²) in [7, 11) is 0. The van der Waals surface area contributed by atoms with E-state index in [1.54, 1.807) is 12.4 Å². The number of pyridine rings is 1. The molecule has 0 bridgehead atoms. The Kier molecular flexibility index (Phi) is 3.85. The van der Waals surface area contributed by atoms with Crippen molar-refractivity contribution in [3.05, 3.63) is 35.8 Å². The van der Waals surface area contributed by atoms with E-state index >= 15 is 0 Å². The SMILES string of the molecule is Cc1ccc(NCCC(=O)Nc2cn[nH]c2C2CC2)nc1. The van der Waals surface area contributed by atoms with Crippen LogP contribution in [0.2, 0.25) is 0 Å². The van der Waals surface area contributed by atoms with E-state index in [4.69, 9.17) is 0 Å². The molecule has 3 N–H and O–H groups in total. The number of amides is 1. The summed E-state index contributed by atoms with van der Waals surface area (Å²) >= 11 is 0. The Hall–Kier alpha value is -2.37. The molecular formula is C15H19N5O. The number of hydrogen-bond acceptors (Lipinski definition) is 4. The van der Waals surface area contributed by atoms with Crippen LogP contribution in [0.5, 0.6) is 0 Å². The van der Waals surface area contributed by atoms with Crippen molar-refractivity contribution in [2.24, 2.45) is 0 Å². The van der Waals surface area contributed by atoms with E-state index in [-0.39, 0.29) is 5.91 Å². The Morgan fingerprint density at radius 1 is 1.38 bits per heavy atom. The van der Waals surface area contributed by atoms with Gasteiger partial charge in [0.15, 0.2) is 0 Å². The summed E-state index contributed by atoms with van der Waals surface area (Å²) in [5, 5.41) is 13.0. The minimum atomic E-state index is -0.0158. The maximum absolute atomic E-state index is 11.9. The molecule has 0 unspecified atom stereocenters. The van der Waals surface area contributed by atoms with Crippen LogP contribution in [0.4, 0.5) is 11.5 Å². The van der Waals surface area contributed by atoms with Crippen LogP contribution < -0.4 is 10.6 Å². The van der Waals surface area contributed by atoms with E-state index in [2.05, 4.69) is 25.8 Å². The van der Waals surface area contributed by atoms with Gasteiger partial charge in [-0.25, -0.2) is 4.98 Å². The van der Waals surface area contributed by atoms with Gasteiger partial charge in [0.25, 0.3) is 0 Å². The Morgan fingerprint density at radius 3 is 2.95 bits per heavy atom. The highest BCUT2D eigenvalue weighted by Crippen LogP contribution is 2.42. The van der Waals surface area contributed by atoms with Crippen LogP contribution in [-0.2, 0) is 4.79 Å². The number of aryl methyl sites for hydroxylation is 1. The summed E-state index contributed by atoms with van der Waals surface area (Å²) in [6, 6.07) is 3.90. The lowest BCUT2D eigenvalue weighted by Gasteiger charge is -2.07. The first-order valence-electron chi connectivity index (χ1n) is 7.22. The summed E-state index contributed by atoms with van der Waals surface area (Å²) in [4.78, 5) is 16.2. The summed E-state index contributed by atoms with van der Waals surface area (Å²) in [6.07, 6.45) is 6.22. The summed E-state index contributed by atoms with van der Waals surface area (Å²) in [5.74, 6) is 1.31. The van der Waals surface area contributed by atoms with Gasteiger partial charge in [0.2, 0.25) is 5.91 Å². The number of anilines is 2. The van der Waals surface area contributed by atoms with Crippen LogP contribution in [0.15, 0.2) is 24.5 Å². The summed E-state index contributed by atoms with van der Waals surface area (Å²) in [6.45, 7) is 2.55. The molecule has 2 aromatic rings. The number of aromatic nitrogens is 3. The van der Waals surface area contributed by atoms with Gasteiger partial charge in [0.1, 0.15) is 5.82 Å². The van der Waals surface area contributed by atoms with E-state index in [1.807, 2.05) is 19.1 Å². The number of nitrogens with one attached hydrogen (secondary N) is 3. The van der Waals surface area contributed by atoms with Gasteiger partial charge in [-0.3, -0.25) is 9.89 Å². The Balaban J connectivity index is 1.46. The lowest BCUT2D eigenvalue weighted by atomic mass is 10.2. The van der Waals surface area contributed by atoms with Gasteiger partial charge >= 0.3 is 0 Å². The van der Waals surface area contributed by atoms with Crippen molar-refractivity contribution in [1.82, 2.24) is 15.2 Å². The molecule has 1 fully saturated rings. The van der Waals surface area contributed by atoms with Crippen molar-refractivity contribution in [3.63, 3.8) is 0 Å². The maximum Gasteiger partial charge on any atom is 0.226 e. The van der Waals surface area contributed by atoms with Gasteiger partial charge in [-0.05, 0) is 31.4 Å². The van der Waals surface area contributed by atoms with Crippen molar-refractivity contribution in [3.8, 4) is 0 Å². The molecule has 1 amide bonds. The highest BCUT2D eigenvalue weighted by Gasteiger charge is 2.28. The zero-order valence-corrected chi connectivity index (χ0v) is 12.0. The van der Waals surface area contributed by atoms with Gasteiger partial charge < -0.3 is 10.6 Å². The summed E-state index contributed by atoms with van der Waals surface area (Å²) < 4.78 is 0. The second-order valence-corrected chi connectivity index (χ2v) is 5.42. The molecule has 21 heavy (non-hydrogen) atoms. The van der Waals surface area contributed by atoms with Crippen molar-refractivity contribution in [2.45, 2.75) is 32.1 Å². The third-order valence-electron chi connectivity index (χ3n) is 3.50. The van der Waals surface area contributed by atoms with Crippen LogP contribution in [-0.4, -0.2) is 27.6 Å². The first-order chi connectivity index (χ1) is 10.2. The standard InChI is InChI=1S/C15H19N5O/c1-10-2-5-13(17-8-10)16-7-6-14(21)19-12-9-18-20-15(12)11-3-4-11/h2,5,8-9,11H,3-4,6-7H2,1H3,(H,16,17)(H,18,20)(H,19,21). The topological polar surface area (TPSA) is 82.7 Å². The lowest BCUT2D eigenvalue weighted by Crippen LogP contribution is -2.17. The first kappa shape index (κ1) is 13.6. The highest BCUT2D eigenvalue weighted by atomic mass is 16.1. The van der Waals surface area contributed by atoms with Crippen molar-refractivity contribution in [1.29, 1.82) is 0 Å². The molecule has 1 aliphatic carbocycles. The van der Waals surface area contributed by atoms with Crippen molar-refractivity contribution in [2.75, 3.05) is 17.2 Å². The van der Waals surface area contributed by atoms with Crippen LogP contribution >= 0.6 is 0 Å². The average molecular weight is 285 g/mol. The largest absolute Gasteiger partial charge is 0.370 e. The van der Waals surface area contributed by atoms with Gasteiger partial charge in [-0.1, -0.05) is 6.07 Å². The molecule has 2 aromatic heterocycles. The number of nitrogens with zero attached hydrogens (tertiary/aromatic N) is 2. The van der Waals surface area contributed by atoms with Crippen LogP contribution in [0, 0.1) is 6.92 Å². The molecule has 0 saturated heterocycles. The minimum absolute atomic E-state index is 0.0158.